The number of hydrogen-bond acceptors (Lipinski definition) is 13. The summed E-state index contributed by atoms with van der Waals surface area (Å²) in [6, 6.07) is 94.4. The van der Waals surface area contributed by atoms with Crippen LogP contribution in [0.5, 0.6) is 0 Å². The molecule has 7 aromatic carbocycles. The fraction of sp³-hybridized carbons (Fsp3) is 0.245. The summed E-state index contributed by atoms with van der Waals surface area (Å²) in [5.74, 6) is 3.38. The monoisotopic (exact) mass is 2010 g/mol. The van der Waals surface area contributed by atoms with Gasteiger partial charge < -0.3 is 39.0 Å². The molecule has 0 atom stereocenters. The Hall–Kier alpha value is -10.9. The molecule has 0 amide bonds. The maximum absolute atomic E-state index is 10.7. The van der Waals surface area contributed by atoms with Crippen molar-refractivity contribution in [1.29, 1.82) is 0 Å². The Morgan fingerprint density at radius 2 is 0.705 bits per heavy atom. The molecule has 638 valence electrons. The number of aliphatic hydroxyl groups is 2. The van der Waals surface area contributed by atoms with Crippen LogP contribution in [0.4, 0.5) is 13.2 Å². The quantitative estimate of drug-likeness (QED) is 0.0440. The maximum atomic E-state index is 10.7. The average Bonchev–Trinajstić information content (AvgIpc) is 1.61. The molecule has 20 heteroatoms. The van der Waals surface area contributed by atoms with Crippen molar-refractivity contribution in [2.45, 2.75) is 121 Å². The number of pyridine rings is 7. The fourth-order valence-electron chi connectivity index (χ4n) is 13.2. The molecule has 9 aromatic heterocycles. The van der Waals surface area contributed by atoms with Gasteiger partial charge in [0.25, 0.3) is 0 Å². The van der Waals surface area contributed by atoms with Crippen molar-refractivity contribution >= 4 is 54.3 Å². The number of rotatable bonds is 17. The number of aryl methyl sites for hydroxylation is 2. The number of alkyl halides is 3. The van der Waals surface area contributed by atoms with Crippen LogP contribution < -0.4 is 0 Å². The molecule has 16 aromatic rings. The summed E-state index contributed by atoms with van der Waals surface area (Å²) in [7, 11) is -3.84. The van der Waals surface area contributed by atoms with Crippen LogP contribution >= 0.6 is 0 Å². The number of benzene rings is 7. The van der Waals surface area contributed by atoms with Gasteiger partial charge in [0.15, 0.2) is 0 Å². The third-order valence-corrected chi connectivity index (χ3v) is 19.1. The molecule has 3 N–H and O–H groups in total. The van der Waals surface area contributed by atoms with E-state index in [4.69, 9.17) is 32.0 Å². The first-order valence-electron chi connectivity index (χ1n) is 40.0. The topological polar surface area (TPSA) is 211 Å². The first-order chi connectivity index (χ1) is 57.7. The predicted molar refractivity (Wildman–Crippen MR) is 481 cm³/mol. The molecule has 16 rings (SSSR count). The van der Waals surface area contributed by atoms with Gasteiger partial charge in [-0.05, 0) is 161 Å². The first kappa shape index (κ1) is 98.2. The smallest absolute Gasteiger partial charge is 0.486 e. The summed E-state index contributed by atoms with van der Waals surface area (Å²) in [5.41, 5.74) is 20.5. The second-order valence-corrected chi connectivity index (χ2v) is 32.1. The number of hydrogen-bond donors (Lipinski definition) is 3. The van der Waals surface area contributed by atoms with E-state index in [0.717, 1.165) is 158 Å². The molecule has 14 nitrogen and oxygen atoms in total. The van der Waals surface area contributed by atoms with Crippen molar-refractivity contribution in [3.8, 4) is 78.5 Å². The molecule has 0 aliphatic rings. The van der Waals surface area contributed by atoms with Crippen LogP contribution in [0.1, 0.15) is 108 Å². The summed E-state index contributed by atoms with van der Waals surface area (Å²) in [6.45, 7) is 26.3. The summed E-state index contributed by atoms with van der Waals surface area (Å²) < 4.78 is 69.8. The van der Waals surface area contributed by atoms with E-state index in [-0.39, 0.29) is 40.2 Å². The predicted octanol–water partition coefficient (Wildman–Crippen LogP) is 25.1. The largest absolute Gasteiger partial charge is 0.522 e. The molecular formula is C102H104F3Ir2N7O7S-4. The number of aliphatic hydroxyl groups excluding tert-OH is 2. The van der Waals surface area contributed by atoms with Crippen LogP contribution in [0.3, 0.4) is 0 Å². The van der Waals surface area contributed by atoms with Gasteiger partial charge in [-0.25, -0.2) is 9.97 Å². The molecule has 0 spiro atoms. The minimum atomic E-state index is -5.84. The number of furan rings is 2. The van der Waals surface area contributed by atoms with Crippen LogP contribution in [-0.4, -0.2) is 77.8 Å². The molecule has 0 saturated carbocycles. The third-order valence-electron chi connectivity index (χ3n) is 18.5. The molecule has 0 unspecified atom stereocenters. The van der Waals surface area contributed by atoms with Crippen molar-refractivity contribution in [3.05, 3.63) is 331 Å². The van der Waals surface area contributed by atoms with Crippen molar-refractivity contribution in [2.24, 2.45) is 29.6 Å². The van der Waals surface area contributed by atoms with Crippen LogP contribution in [0.15, 0.2) is 276 Å². The Balaban J connectivity index is 0.000000208. The molecular weight excluding hydrogens is 1910 g/mol. The van der Waals surface area contributed by atoms with E-state index >= 15 is 0 Å². The average molecular weight is 2010 g/mol. The Morgan fingerprint density at radius 3 is 1.06 bits per heavy atom. The van der Waals surface area contributed by atoms with E-state index in [9.17, 15) is 13.2 Å². The van der Waals surface area contributed by atoms with Gasteiger partial charge in [-0.1, -0.05) is 220 Å². The van der Waals surface area contributed by atoms with E-state index in [1.807, 2.05) is 130 Å². The van der Waals surface area contributed by atoms with Gasteiger partial charge in [0, 0.05) is 119 Å². The van der Waals surface area contributed by atoms with Gasteiger partial charge in [-0.3, -0.25) is 9.54 Å². The molecule has 0 aliphatic heterocycles. The van der Waals surface area contributed by atoms with Gasteiger partial charge in [0.1, 0.15) is 5.58 Å². The van der Waals surface area contributed by atoms with Crippen molar-refractivity contribution in [1.82, 2.24) is 34.9 Å². The van der Waals surface area contributed by atoms with Gasteiger partial charge in [0.2, 0.25) is 11.4 Å². The summed E-state index contributed by atoms with van der Waals surface area (Å²) in [4.78, 5) is 31.3. The maximum Gasteiger partial charge on any atom is 0.522 e. The second kappa shape index (κ2) is 48.1. The third kappa shape index (κ3) is 28.9. The van der Waals surface area contributed by atoms with E-state index in [1.165, 1.54) is 38.9 Å². The van der Waals surface area contributed by atoms with E-state index in [0.29, 0.717) is 41.0 Å². The standard InChI is InChI=1S/C27H24N2O.C27H23N2O.3C15H16N.CHF3O3S.2CH4O.2Ir/c2*1-17(2)15-19-8-10-20(11-9-19)21-13-14-28-25(16-21)24-6-4-5-22-23-12-7-18(3)29-27(23)30-26(22)24;3*1-12(2)11-13-6-8-14(9-7-13)15-5-3-4-10-16-15;2-1(3,4)8(5,6)7;2*1-2;;/h4-14,16-17H,15H2,1-3H3;4-5,7-14,16-17H,15H2,1-3H3;3*3-8,10,12H,11H2,1-2H3;(H,5,6,7);2*2H,1H3;;/q;4*-1;;;;;. The van der Waals surface area contributed by atoms with Gasteiger partial charge in [-0.2, -0.15) is 21.6 Å². The molecule has 2 radical (unpaired) electrons. The van der Waals surface area contributed by atoms with Crippen molar-refractivity contribution < 1.29 is 85.4 Å². The summed E-state index contributed by atoms with van der Waals surface area (Å²) in [5, 5.41) is 18.2. The minimum Gasteiger partial charge on any atom is -0.486 e. The van der Waals surface area contributed by atoms with Crippen molar-refractivity contribution in [3.63, 3.8) is 0 Å². The number of para-hydroxylation sites is 1. The SMILES string of the molecule is CC(C)Cc1c[c-]c(-c2ccccn2)cc1.CC(C)Cc1c[c-]c(-c2ccccn2)cc1.CC(C)Cc1c[c-]c(-c2ccccn2)cc1.CO.CO.Cc1ccc2c(n1)oc1c(-c3cc(-c4ccc(CC(C)C)cc4)ccn3)[c-]ccc12.Cc1ccc2c(n1)oc1c(-c3cc(-c4ccc(CC(C)C)cc4)ccn3)cccc12.O=S(=O)(O)C(F)(F)F.[Ir].[Ir]. The van der Waals surface area contributed by atoms with Crippen LogP contribution in [-0.2, 0) is 82.4 Å². The zero-order valence-electron chi connectivity index (χ0n) is 71.1. The van der Waals surface area contributed by atoms with Crippen molar-refractivity contribution in [2.75, 3.05) is 14.2 Å². The fourth-order valence-corrected chi connectivity index (χ4v) is 13.2. The van der Waals surface area contributed by atoms with E-state index in [2.05, 4.69) is 280 Å². The van der Waals surface area contributed by atoms with E-state index in [1.54, 1.807) is 0 Å². The van der Waals surface area contributed by atoms with Gasteiger partial charge >= 0.3 is 15.6 Å². The number of aromatic nitrogens is 7. The number of nitrogens with zero attached hydrogens (tertiary/aromatic N) is 7. The minimum absolute atomic E-state index is 0. The normalized spacial score (nSPS) is 10.9. The number of halogens is 3. The zero-order chi connectivity index (χ0) is 86.5. The Bertz CT molecular complexity index is 5520. The zero-order valence-corrected chi connectivity index (χ0v) is 76.7. The molecule has 0 fully saturated rings. The Kier molecular flexibility index (Phi) is 38.7. The van der Waals surface area contributed by atoms with Gasteiger partial charge in [0.05, 0.1) is 11.3 Å². The molecule has 9 heterocycles. The summed E-state index contributed by atoms with van der Waals surface area (Å²) >= 11 is 0. The number of fused-ring (bicyclic) bond motifs is 6. The molecule has 0 aliphatic carbocycles. The molecule has 122 heavy (non-hydrogen) atoms. The molecule has 0 bridgehead atoms. The molecule has 0 saturated heterocycles. The van der Waals surface area contributed by atoms with Crippen LogP contribution in [0, 0.1) is 67.7 Å². The van der Waals surface area contributed by atoms with Crippen LogP contribution in [0.25, 0.3) is 123 Å². The Labute approximate surface area is 743 Å². The van der Waals surface area contributed by atoms with Crippen LogP contribution in [0.2, 0.25) is 0 Å². The Morgan fingerprint density at radius 1 is 0.361 bits per heavy atom. The summed E-state index contributed by atoms with van der Waals surface area (Å²) in [6.07, 6.45) is 14.7. The van der Waals surface area contributed by atoms with Gasteiger partial charge in [-0.15, -0.1) is 124 Å². The second-order valence-electron chi connectivity index (χ2n) is 30.7. The first-order valence-corrected chi connectivity index (χ1v) is 41.4. The van der Waals surface area contributed by atoms with E-state index < -0.39 is 15.6 Å².